The van der Waals surface area contributed by atoms with E-state index in [1.807, 2.05) is 0 Å². The van der Waals surface area contributed by atoms with Gasteiger partial charge < -0.3 is 25.1 Å². The van der Waals surface area contributed by atoms with E-state index in [-0.39, 0.29) is 36.1 Å². The third kappa shape index (κ3) is 5.73. The number of benzene rings is 1. The molecule has 0 bridgehead atoms. The van der Waals surface area contributed by atoms with Gasteiger partial charge in [-0.1, -0.05) is 6.07 Å². The zero-order chi connectivity index (χ0) is 27.7. The third-order valence-electron chi connectivity index (χ3n) is 7.43. The number of fused-ring (bicyclic) bond motifs is 1. The van der Waals surface area contributed by atoms with Crippen molar-refractivity contribution in [3.8, 4) is 17.0 Å². The molecule has 0 saturated heterocycles. The molecule has 1 aromatic carbocycles. The molecule has 3 N–H and O–H groups in total. The molecule has 2 aliphatic carbocycles. The standard InChI is InChI=1S/C28H33F2N5O4/c1-14-4-9-20(39-11-16-5-6-16)23(24(14)30)26-27-25(31-13-32-26)22(15(2)33-27)28(37)35-19-8-7-17(10-18(19)29)34-21(36)12-38-3/h4,9,13,16-19,33H,5-8,10-12H2,1-3H3,(H,34,36)(H,35,37)/t17-,18-,19+/m1/s1. The normalized spacial score (nSPS) is 21.1. The summed E-state index contributed by atoms with van der Waals surface area (Å²) >= 11 is 0. The number of aryl methyl sites for hydroxylation is 2. The molecule has 11 heteroatoms. The van der Waals surface area contributed by atoms with Gasteiger partial charge in [-0.3, -0.25) is 9.59 Å². The van der Waals surface area contributed by atoms with Crippen LogP contribution in [0.15, 0.2) is 18.5 Å². The first-order valence-electron chi connectivity index (χ1n) is 13.3. The van der Waals surface area contributed by atoms with Crippen molar-refractivity contribution >= 4 is 22.8 Å². The molecular weight excluding hydrogens is 508 g/mol. The molecule has 2 heterocycles. The van der Waals surface area contributed by atoms with Crippen molar-refractivity contribution in [2.75, 3.05) is 20.3 Å². The summed E-state index contributed by atoms with van der Waals surface area (Å²) in [4.78, 5) is 37.0. The molecule has 0 radical (unpaired) electrons. The number of hydrogen-bond acceptors (Lipinski definition) is 6. The number of H-pyrrole nitrogens is 1. The Morgan fingerprint density at radius 2 is 1.92 bits per heavy atom. The van der Waals surface area contributed by atoms with E-state index in [0.717, 1.165) is 12.8 Å². The number of carbonyl (C=O) groups excluding carboxylic acids is 2. The quantitative estimate of drug-likeness (QED) is 0.378. The van der Waals surface area contributed by atoms with Crippen molar-refractivity contribution in [2.24, 2.45) is 5.92 Å². The number of methoxy groups -OCH3 is 1. The van der Waals surface area contributed by atoms with Crippen LogP contribution in [0.1, 0.15) is 53.7 Å². The van der Waals surface area contributed by atoms with E-state index < -0.39 is 23.9 Å². The maximum Gasteiger partial charge on any atom is 0.255 e. The highest BCUT2D eigenvalue weighted by Crippen LogP contribution is 2.39. The van der Waals surface area contributed by atoms with Crippen LogP contribution in [0.25, 0.3) is 22.3 Å². The third-order valence-corrected chi connectivity index (χ3v) is 7.43. The monoisotopic (exact) mass is 541 g/mol. The van der Waals surface area contributed by atoms with Crippen molar-refractivity contribution in [3.63, 3.8) is 0 Å². The van der Waals surface area contributed by atoms with E-state index in [0.29, 0.717) is 59.1 Å². The predicted octanol–water partition coefficient (Wildman–Crippen LogP) is 3.92. The fourth-order valence-corrected chi connectivity index (χ4v) is 5.13. The number of nitrogens with zero attached hydrogens (tertiary/aromatic N) is 2. The Hall–Kier alpha value is -3.60. The summed E-state index contributed by atoms with van der Waals surface area (Å²) in [5.41, 5.74) is 2.44. The first kappa shape index (κ1) is 27.0. The van der Waals surface area contributed by atoms with Gasteiger partial charge in [-0.25, -0.2) is 18.7 Å². The van der Waals surface area contributed by atoms with Crippen LogP contribution in [-0.4, -0.2) is 65.3 Å². The maximum atomic E-state index is 15.5. The average Bonchev–Trinajstić information content (AvgIpc) is 3.66. The Morgan fingerprint density at radius 1 is 1.13 bits per heavy atom. The molecule has 2 aliphatic rings. The van der Waals surface area contributed by atoms with Crippen LogP contribution in [0.2, 0.25) is 0 Å². The number of aromatic amines is 1. The van der Waals surface area contributed by atoms with Gasteiger partial charge in [0.2, 0.25) is 5.91 Å². The van der Waals surface area contributed by atoms with Crippen LogP contribution >= 0.6 is 0 Å². The lowest BCUT2D eigenvalue weighted by Crippen LogP contribution is -2.50. The molecule has 2 aromatic heterocycles. The van der Waals surface area contributed by atoms with Crippen LogP contribution in [-0.2, 0) is 9.53 Å². The van der Waals surface area contributed by atoms with Gasteiger partial charge in [-0.2, -0.15) is 0 Å². The summed E-state index contributed by atoms with van der Waals surface area (Å²) in [7, 11) is 1.42. The average molecular weight is 542 g/mol. The lowest BCUT2D eigenvalue weighted by molar-refractivity contribution is -0.125. The Labute approximate surface area is 225 Å². The number of nitrogens with one attached hydrogen (secondary N) is 3. The maximum absolute atomic E-state index is 15.5. The second-order valence-electron chi connectivity index (χ2n) is 10.5. The van der Waals surface area contributed by atoms with E-state index in [1.54, 1.807) is 26.0 Å². The lowest BCUT2D eigenvalue weighted by atomic mass is 9.89. The van der Waals surface area contributed by atoms with Gasteiger partial charge in [0.05, 0.1) is 29.3 Å². The summed E-state index contributed by atoms with van der Waals surface area (Å²) in [6.45, 7) is 3.81. The molecule has 3 atom stereocenters. The van der Waals surface area contributed by atoms with Gasteiger partial charge in [0, 0.05) is 25.3 Å². The second kappa shape index (κ2) is 11.3. The first-order chi connectivity index (χ1) is 18.8. The fourth-order valence-electron chi connectivity index (χ4n) is 5.13. The second-order valence-corrected chi connectivity index (χ2v) is 10.5. The summed E-state index contributed by atoms with van der Waals surface area (Å²) in [5.74, 6) is -0.359. The van der Waals surface area contributed by atoms with Gasteiger partial charge in [0.25, 0.3) is 5.91 Å². The summed E-state index contributed by atoms with van der Waals surface area (Å²) in [6, 6.07) is 2.38. The molecule has 0 spiro atoms. The molecule has 5 rings (SSSR count). The Bertz CT molecular complexity index is 1390. The van der Waals surface area contributed by atoms with Crippen molar-refractivity contribution in [1.29, 1.82) is 0 Å². The van der Waals surface area contributed by atoms with Crippen LogP contribution in [0, 0.1) is 25.6 Å². The van der Waals surface area contributed by atoms with Crippen molar-refractivity contribution in [3.05, 3.63) is 41.1 Å². The van der Waals surface area contributed by atoms with Gasteiger partial charge in [0.15, 0.2) is 0 Å². The number of halogens is 2. The van der Waals surface area contributed by atoms with Crippen LogP contribution in [0.4, 0.5) is 8.78 Å². The number of rotatable bonds is 9. The number of alkyl halides is 1. The van der Waals surface area contributed by atoms with Crippen molar-refractivity contribution < 1.29 is 27.8 Å². The molecule has 0 unspecified atom stereocenters. The molecule has 2 fully saturated rings. The summed E-state index contributed by atoms with van der Waals surface area (Å²) in [5, 5.41) is 5.56. The van der Waals surface area contributed by atoms with E-state index in [9.17, 15) is 9.59 Å². The van der Waals surface area contributed by atoms with Crippen molar-refractivity contribution in [1.82, 2.24) is 25.6 Å². The Kier molecular flexibility index (Phi) is 7.79. The molecule has 2 saturated carbocycles. The molecule has 0 aliphatic heterocycles. The highest BCUT2D eigenvalue weighted by molar-refractivity contribution is 6.09. The zero-order valence-corrected chi connectivity index (χ0v) is 22.3. The number of carbonyl (C=O) groups is 2. The molecule has 3 aromatic rings. The van der Waals surface area contributed by atoms with E-state index >= 15 is 8.78 Å². The highest BCUT2D eigenvalue weighted by Gasteiger charge is 2.34. The number of hydrogen-bond donors (Lipinski definition) is 3. The van der Waals surface area contributed by atoms with Crippen LogP contribution in [0.3, 0.4) is 0 Å². The van der Waals surface area contributed by atoms with E-state index in [4.69, 9.17) is 9.47 Å². The minimum Gasteiger partial charge on any atom is -0.492 e. The SMILES string of the molecule is COCC(=O)N[C@@H]1CC[C@H](NC(=O)c2c(C)[nH]c3c(-c4c(OCC5CC5)ccc(C)c4F)ncnc23)[C@H](F)C1. The van der Waals surface area contributed by atoms with Gasteiger partial charge in [-0.15, -0.1) is 0 Å². The highest BCUT2D eigenvalue weighted by atomic mass is 19.1. The Balaban J connectivity index is 1.39. The number of ether oxygens (including phenoxy) is 2. The van der Waals surface area contributed by atoms with Crippen LogP contribution < -0.4 is 15.4 Å². The van der Waals surface area contributed by atoms with E-state index in [2.05, 4.69) is 25.6 Å². The van der Waals surface area contributed by atoms with Gasteiger partial charge >= 0.3 is 0 Å². The molecule has 2 amide bonds. The Morgan fingerprint density at radius 3 is 2.64 bits per heavy atom. The topological polar surface area (TPSA) is 118 Å². The lowest BCUT2D eigenvalue weighted by Gasteiger charge is -2.32. The smallest absolute Gasteiger partial charge is 0.255 e. The summed E-state index contributed by atoms with van der Waals surface area (Å²) < 4.78 is 41.3. The minimum absolute atomic E-state index is 0.0854. The zero-order valence-electron chi connectivity index (χ0n) is 22.3. The molecule has 9 nitrogen and oxygen atoms in total. The summed E-state index contributed by atoms with van der Waals surface area (Å²) in [6.07, 6.45) is 3.13. The number of aromatic nitrogens is 3. The fraction of sp³-hybridized carbons (Fsp3) is 0.500. The molecular formula is C28H33F2N5O4. The first-order valence-corrected chi connectivity index (χ1v) is 13.3. The van der Waals surface area contributed by atoms with Gasteiger partial charge in [0.1, 0.15) is 41.9 Å². The van der Waals surface area contributed by atoms with Crippen molar-refractivity contribution in [2.45, 2.75) is 64.2 Å². The van der Waals surface area contributed by atoms with Crippen LogP contribution in [0.5, 0.6) is 5.75 Å². The van der Waals surface area contributed by atoms with E-state index in [1.165, 1.54) is 13.4 Å². The predicted molar refractivity (Wildman–Crippen MR) is 141 cm³/mol. The van der Waals surface area contributed by atoms with Gasteiger partial charge in [-0.05, 0) is 57.1 Å². The molecule has 39 heavy (non-hydrogen) atoms. The largest absolute Gasteiger partial charge is 0.492 e. The minimum atomic E-state index is -1.33. The number of amides is 2. The molecule has 208 valence electrons.